The number of nitrogens with zero attached hydrogens (tertiary/aromatic N) is 3. The lowest BCUT2D eigenvalue weighted by Crippen LogP contribution is -2.53. The number of imidazole rings is 1. The number of H-pyrrole nitrogens is 1. The molecule has 3 aromatic rings. The van der Waals surface area contributed by atoms with E-state index in [0.717, 1.165) is 73.7 Å². The third kappa shape index (κ3) is 4.00. The maximum Gasteiger partial charge on any atom is 0.239 e. The number of anilines is 1. The Bertz CT molecular complexity index is 1010. The number of halogens is 2. The maximum atomic E-state index is 12.6. The van der Waals surface area contributed by atoms with Crippen LogP contribution >= 0.6 is 24.0 Å². The van der Waals surface area contributed by atoms with Crippen LogP contribution in [0.1, 0.15) is 12.8 Å². The van der Waals surface area contributed by atoms with Crippen molar-refractivity contribution in [2.24, 2.45) is 0 Å². The molecule has 1 atom stereocenters. The van der Waals surface area contributed by atoms with Gasteiger partial charge in [0.2, 0.25) is 5.91 Å². The fourth-order valence-corrected chi connectivity index (χ4v) is 4.48. The number of fused-ring (bicyclic) bond motifs is 1. The Kier molecular flexibility index (Phi) is 6.18. The number of rotatable bonds is 3. The van der Waals surface area contributed by atoms with Gasteiger partial charge in [0.1, 0.15) is 5.82 Å². The van der Waals surface area contributed by atoms with Gasteiger partial charge in [-0.2, -0.15) is 0 Å². The van der Waals surface area contributed by atoms with Crippen LogP contribution in [0.4, 0.5) is 5.69 Å². The molecule has 0 saturated carbocycles. The van der Waals surface area contributed by atoms with E-state index in [2.05, 4.69) is 21.3 Å². The lowest BCUT2D eigenvalue weighted by atomic mass is 10.1. The minimum atomic E-state index is 0. The third-order valence-electron chi connectivity index (χ3n) is 5.91. The van der Waals surface area contributed by atoms with E-state index in [0.29, 0.717) is 5.02 Å². The van der Waals surface area contributed by atoms with Crippen LogP contribution in [0.25, 0.3) is 22.4 Å². The summed E-state index contributed by atoms with van der Waals surface area (Å²) in [5, 5.41) is 3.98. The van der Waals surface area contributed by atoms with Crippen LogP contribution in [-0.2, 0) is 4.79 Å². The monoisotopic (exact) mass is 445 g/mol. The van der Waals surface area contributed by atoms with Gasteiger partial charge in [-0.15, -0.1) is 12.4 Å². The Morgan fingerprint density at radius 2 is 1.90 bits per heavy atom. The Hall–Kier alpha value is -2.28. The molecule has 2 aliphatic heterocycles. The molecule has 2 aliphatic rings. The SMILES string of the molecule is Cl.O=C([C@H]1CCCN1)N1CCN(c2ccc(Cl)c(-c3nc4ccccc4[nH]3)c2)CC1. The summed E-state index contributed by atoms with van der Waals surface area (Å²) in [6, 6.07) is 14.1. The maximum absolute atomic E-state index is 12.6. The predicted molar refractivity (Wildman–Crippen MR) is 124 cm³/mol. The molecule has 0 bridgehead atoms. The second-order valence-electron chi connectivity index (χ2n) is 7.73. The fraction of sp³-hybridized carbons (Fsp3) is 0.364. The molecule has 2 aromatic carbocycles. The van der Waals surface area contributed by atoms with Crippen LogP contribution in [0.2, 0.25) is 5.02 Å². The quantitative estimate of drug-likeness (QED) is 0.644. The Balaban J connectivity index is 0.00000218. The van der Waals surface area contributed by atoms with Crippen LogP contribution in [0.5, 0.6) is 0 Å². The van der Waals surface area contributed by atoms with Crippen molar-refractivity contribution < 1.29 is 4.79 Å². The highest BCUT2D eigenvalue weighted by Crippen LogP contribution is 2.32. The summed E-state index contributed by atoms with van der Waals surface area (Å²) < 4.78 is 0. The number of para-hydroxylation sites is 2. The van der Waals surface area contributed by atoms with Crippen molar-refractivity contribution in [2.45, 2.75) is 18.9 Å². The van der Waals surface area contributed by atoms with Gasteiger partial charge in [0.15, 0.2) is 0 Å². The van der Waals surface area contributed by atoms with Gasteiger partial charge in [0, 0.05) is 37.4 Å². The summed E-state index contributed by atoms with van der Waals surface area (Å²) in [5.41, 5.74) is 3.93. The number of benzene rings is 2. The molecule has 8 heteroatoms. The molecule has 30 heavy (non-hydrogen) atoms. The Morgan fingerprint density at radius 3 is 2.63 bits per heavy atom. The van der Waals surface area contributed by atoms with Gasteiger partial charge in [-0.3, -0.25) is 4.79 Å². The number of carbonyl (C=O) groups is 1. The zero-order chi connectivity index (χ0) is 19.8. The summed E-state index contributed by atoms with van der Waals surface area (Å²) in [6.45, 7) is 4.09. The zero-order valence-electron chi connectivity index (χ0n) is 16.6. The number of nitrogens with one attached hydrogen (secondary N) is 2. The van der Waals surface area contributed by atoms with Crippen molar-refractivity contribution in [1.29, 1.82) is 0 Å². The molecule has 2 N–H and O–H groups in total. The standard InChI is InChI=1S/C22H24ClN5O.ClH/c23-17-8-7-15(14-16(17)21-25-18-4-1-2-5-19(18)26-21)27-10-12-28(13-11-27)22(29)20-6-3-9-24-20;/h1-2,4-5,7-8,14,20,24H,3,6,9-13H2,(H,25,26);1H/t20-;/m1./s1. The number of hydrogen-bond acceptors (Lipinski definition) is 4. The molecule has 1 aromatic heterocycles. The summed E-state index contributed by atoms with van der Waals surface area (Å²) in [5.74, 6) is 1.03. The van der Waals surface area contributed by atoms with Gasteiger partial charge < -0.3 is 20.1 Å². The van der Waals surface area contributed by atoms with Gasteiger partial charge in [0.25, 0.3) is 0 Å². The molecule has 2 saturated heterocycles. The summed E-state index contributed by atoms with van der Waals surface area (Å²) in [4.78, 5) is 25.0. The van der Waals surface area contributed by atoms with Crippen molar-refractivity contribution >= 4 is 46.6 Å². The Labute approximate surface area is 187 Å². The van der Waals surface area contributed by atoms with Gasteiger partial charge in [-0.05, 0) is 49.7 Å². The van der Waals surface area contributed by atoms with E-state index in [-0.39, 0.29) is 24.4 Å². The zero-order valence-corrected chi connectivity index (χ0v) is 18.2. The number of hydrogen-bond donors (Lipinski definition) is 2. The largest absolute Gasteiger partial charge is 0.368 e. The molecule has 0 aliphatic carbocycles. The minimum Gasteiger partial charge on any atom is -0.368 e. The predicted octanol–water partition coefficient (Wildman–Crippen LogP) is 3.71. The topological polar surface area (TPSA) is 64.3 Å². The fourth-order valence-electron chi connectivity index (χ4n) is 4.27. The first-order valence-electron chi connectivity index (χ1n) is 10.2. The average Bonchev–Trinajstić information content (AvgIpc) is 3.44. The smallest absolute Gasteiger partial charge is 0.239 e. The lowest BCUT2D eigenvalue weighted by Gasteiger charge is -2.37. The van der Waals surface area contributed by atoms with E-state index < -0.39 is 0 Å². The Morgan fingerprint density at radius 1 is 1.10 bits per heavy atom. The van der Waals surface area contributed by atoms with E-state index in [9.17, 15) is 4.79 Å². The highest BCUT2D eigenvalue weighted by atomic mass is 35.5. The number of carbonyl (C=O) groups excluding carboxylic acids is 1. The first-order chi connectivity index (χ1) is 14.2. The number of aromatic amines is 1. The molecule has 0 radical (unpaired) electrons. The van der Waals surface area contributed by atoms with E-state index in [1.54, 1.807) is 0 Å². The molecule has 2 fully saturated rings. The van der Waals surface area contributed by atoms with Gasteiger partial charge >= 0.3 is 0 Å². The molecule has 158 valence electrons. The molecular formula is C22H25Cl2N5O. The average molecular weight is 446 g/mol. The molecule has 0 unspecified atom stereocenters. The van der Waals surface area contributed by atoms with Gasteiger partial charge in [-0.1, -0.05) is 23.7 Å². The summed E-state index contributed by atoms with van der Waals surface area (Å²) in [6.07, 6.45) is 2.04. The third-order valence-corrected chi connectivity index (χ3v) is 6.24. The minimum absolute atomic E-state index is 0. The normalized spacial score (nSPS) is 19.2. The second kappa shape index (κ2) is 8.84. The van der Waals surface area contributed by atoms with Gasteiger partial charge in [-0.25, -0.2) is 4.98 Å². The second-order valence-corrected chi connectivity index (χ2v) is 8.14. The highest BCUT2D eigenvalue weighted by Gasteiger charge is 2.29. The molecule has 0 spiro atoms. The van der Waals surface area contributed by atoms with Gasteiger partial charge in [0.05, 0.1) is 22.1 Å². The van der Waals surface area contributed by atoms with Crippen molar-refractivity contribution in [3.8, 4) is 11.4 Å². The lowest BCUT2D eigenvalue weighted by molar-refractivity contribution is -0.133. The van der Waals surface area contributed by atoms with E-state index in [4.69, 9.17) is 16.6 Å². The molecular weight excluding hydrogens is 421 g/mol. The van der Waals surface area contributed by atoms with E-state index >= 15 is 0 Å². The van der Waals surface area contributed by atoms with Crippen LogP contribution in [0.3, 0.4) is 0 Å². The van der Waals surface area contributed by atoms with Crippen molar-refractivity contribution in [3.63, 3.8) is 0 Å². The van der Waals surface area contributed by atoms with Crippen LogP contribution < -0.4 is 10.2 Å². The molecule has 1 amide bonds. The van der Waals surface area contributed by atoms with Crippen molar-refractivity contribution in [2.75, 3.05) is 37.6 Å². The van der Waals surface area contributed by atoms with Crippen LogP contribution in [-0.4, -0.2) is 59.5 Å². The molecule has 3 heterocycles. The van der Waals surface area contributed by atoms with Crippen molar-refractivity contribution in [3.05, 3.63) is 47.5 Å². The van der Waals surface area contributed by atoms with Crippen LogP contribution in [0, 0.1) is 0 Å². The summed E-state index contributed by atoms with van der Waals surface area (Å²) in [7, 11) is 0. The van der Waals surface area contributed by atoms with Crippen molar-refractivity contribution in [1.82, 2.24) is 20.2 Å². The number of piperazine rings is 1. The van der Waals surface area contributed by atoms with E-state index in [1.165, 1.54) is 0 Å². The molecule has 5 rings (SSSR count). The number of aromatic nitrogens is 2. The first-order valence-corrected chi connectivity index (χ1v) is 10.6. The van der Waals surface area contributed by atoms with Crippen LogP contribution in [0.15, 0.2) is 42.5 Å². The highest BCUT2D eigenvalue weighted by molar-refractivity contribution is 6.33. The summed E-state index contributed by atoms with van der Waals surface area (Å²) >= 11 is 6.50. The molecule has 6 nitrogen and oxygen atoms in total. The number of amides is 1. The first kappa shape index (κ1) is 21.0. The van der Waals surface area contributed by atoms with E-state index in [1.807, 2.05) is 41.3 Å².